The maximum atomic E-state index is 13.3. The van der Waals surface area contributed by atoms with E-state index in [4.69, 9.17) is 5.11 Å². The van der Waals surface area contributed by atoms with E-state index in [0.717, 1.165) is 0 Å². The van der Waals surface area contributed by atoms with Crippen molar-refractivity contribution in [1.29, 1.82) is 0 Å². The highest BCUT2D eigenvalue weighted by Crippen LogP contribution is 2.31. The Bertz CT molecular complexity index is 626. The van der Waals surface area contributed by atoms with Crippen molar-refractivity contribution in [1.82, 2.24) is 0 Å². The highest BCUT2D eigenvalue weighted by Gasteiger charge is 2.39. The molecule has 1 N–H and O–H groups in total. The summed E-state index contributed by atoms with van der Waals surface area (Å²) in [5, 5.41) is 5.72. The van der Waals surface area contributed by atoms with Crippen LogP contribution >= 0.6 is 0 Å². The van der Waals surface area contributed by atoms with Crippen molar-refractivity contribution >= 4 is 15.8 Å². The van der Waals surface area contributed by atoms with Gasteiger partial charge in [0.05, 0.1) is 5.56 Å². The molecule has 0 heterocycles. The second-order valence-corrected chi connectivity index (χ2v) is 5.66. The van der Waals surface area contributed by atoms with Crippen LogP contribution in [0, 0.1) is 29.1 Å². The first-order valence-electron chi connectivity index (χ1n) is 4.43. The van der Waals surface area contributed by atoms with Crippen molar-refractivity contribution in [3.63, 3.8) is 0 Å². The van der Waals surface area contributed by atoms with Gasteiger partial charge in [-0.3, -0.25) is 4.79 Å². The van der Waals surface area contributed by atoms with Crippen LogP contribution in [-0.4, -0.2) is 25.7 Å². The van der Waals surface area contributed by atoms with Crippen molar-refractivity contribution in [3.05, 3.63) is 34.6 Å². The summed E-state index contributed by atoms with van der Waals surface area (Å²) in [6.45, 7) is 0. The third-order valence-electron chi connectivity index (χ3n) is 2.16. The molecule has 0 aliphatic rings. The predicted molar refractivity (Wildman–Crippen MR) is 51.5 cm³/mol. The lowest BCUT2D eigenvalue weighted by Gasteiger charge is -2.14. The van der Waals surface area contributed by atoms with Gasteiger partial charge in [0.1, 0.15) is 0 Å². The lowest BCUT2D eigenvalue weighted by Crippen LogP contribution is -2.25. The summed E-state index contributed by atoms with van der Waals surface area (Å²) < 4.78 is 87.3. The fraction of sp³-hybridized carbons (Fsp3) is 0.222. The minimum absolute atomic E-state index is 0.295. The van der Waals surface area contributed by atoms with Gasteiger partial charge in [0.25, 0.3) is 0 Å². The third-order valence-corrected chi connectivity index (χ3v) is 3.45. The molecule has 0 amide bonds. The van der Waals surface area contributed by atoms with Gasteiger partial charge in [0.2, 0.25) is 5.82 Å². The highest BCUT2D eigenvalue weighted by atomic mass is 32.2. The zero-order valence-corrected chi connectivity index (χ0v) is 9.86. The number of carboxylic acids is 1. The van der Waals surface area contributed by atoms with Gasteiger partial charge in [-0.15, -0.1) is 0 Å². The van der Waals surface area contributed by atoms with Crippen LogP contribution in [0.1, 0.15) is 10.8 Å². The fourth-order valence-electron chi connectivity index (χ4n) is 1.37. The highest BCUT2D eigenvalue weighted by molar-refractivity contribution is 7.91. The molecule has 1 atom stereocenters. The number of halogens is 5. The van der Waals surface area contributed by atoms with Crippen LogP contribution in [0.15, 0.2) is 0 Å². The summed E-state index contributed by atoms with van der Waals surface area (Å²) in [7, 11) is -4.64. The van der Waals surface area contributed by atoms with Crippen molar-refractivity contribution in [2.75, 3.05) is 6.26 Å². The molecule has 1 unspecified atom stereocenters. The SMILES string of the molecule is CS(=O)(=O)C(C(=O)O)c1c(F)c(F)c(F)c(F)c1F. The van der Waals surface area contributed by atoms with Crippen LogP contribution in [0.4, 0.5) is 22.0 Å². The Morgan fingerprint density at radius 2 is 1.26 bits per heavy atom. The summed E-state index contributed by atoms with van der Waals surface area (Å²) >= 11 is 0. The Balaban J connectivity index is 3.82. The molecule has 19 heavy (non-hydrogen) atoms. The van der Waals surface area contributed by atoms with E-state index < -0.39 is 55.7 Å². The van der Waals surface area contributed by atoms with Crippen molar-refractivity contribution < 1.29 is 40.3 Å². The molecule has 0 aliphatic heterocycles. The van der Waals surface area contributed by atoms with Crippen LogP contribution in [0.5, 0.6) is 0 Å². The number of sulfone groups is 1. The Hall–Kier alpha value is -1.71. The van der Waals surface area contributed by atoms with E-state index in [2.05, 4.69) is 0 Å². The van der Waals surface area contributed by atoms with E-state index >= 15 is 0 Å². The van der Waals surface area contributed by atoms with Gasteiger partial charge in [0, 0.05) is 6.26 Å². The molecule has 106 valence electrons. The summed E-state index contributed by atoms with van der Waals surface area (Å²) in [5.41, 5.74) is -1.91. The molecule has 0 aromatic heterocycles. The largest absolute Gasteiger partial charge is 0.480 e. The minimum Gasteiger partial charge on any atom is -0.480 e. The van der Waals surface area contributed by atoms with E-state index in [1.165, 1.54) is 0 Å². The average Bonchev–Trinajstić information content (AvgIpc) is 2.27. The van der Waals surface area contributed by atoms with Gasteiger partial charge in [-0.05, 0) is 0 Å². The molecule has 0 radical (unpaired) electrons. The summed E-state index contributed by atoms with van der Waals surface area (Å²) in [6, 6.07) is 0. The Labute approximate surface area is 103 Å². The number of carboxylic acid groups (broad SMARTS) is 1. The number of aliphatic carboxylic acids is 1. The molecule has 0 aliphatic carbocycles. The second-order valence-electron chi connectivity index (χ2n) is 3.53. The minimum atomic E-state index is -4.64. The third kappa shape index (κ3) is 2.53. The molecular formula is C9H5F5O4S. The van der Waals surface area contributed by atoms with Gasteiger partial charge >= 0.3 is 5.97 Å². The topological polar surface area (TPSA) is 71.4 Å². The lowest BCUT2D eigenvalue weighted by atomic mass is 10.1. The van der Waals surface area contributed by atoms with Gasteiger partial charge in [-0.25, -0.2) is 30.4 Å². The predicted octanol–water partition coefficient (Wildman–Crippen LogP) is 1.55. The molecule has 4 nitrogen and oxygen atoms in total. The Morgan fingerprint density at radius 3 is 1.53 bits per heavy atom. The first-order valence-corrected chi connectivity index (χ1v) is 6.38. The number of hydrogen-bond donors (Lipinski definition) is 1. The van der Waals surface area contributed by atoms with E-state index in [9.17, 15) is 35.2 Å². The van der Waals surface area contributed by atoms with Gasteiger partial charge < -0.3 is 5.11 Å². The fourth-order valence-corrected chi connectivity index (χ4v) is 2.37. The first kappa shape index (κ1) is 15.3. The molecule has 0 saturated heterocycles. The Kier molecular flexibility index (Phi) is 3.84. The summed E-state index contributed by atoms with van der Waals surface area (Å²) in [6.07, 6.45) is 0.295. The molecule has 0 bridgehead atoms. The zero-order chi connectivity index (χ0) is 15.1. The van der Waals surface area contributed by atoms with Crippen LogP contribution in [0.3, 0.4) is 0 Å². The summed E-state index contributed by atoms with van der Waals surface area (Å²) in [4.78, 5) is 10.7. The van der Waals surface area contributed by atoms with Gasteiger partial charge in [-0.2, -0.15) is 0 Å². The second kappa shape index (κ2) is 4.76. The molecule has 0 spiro atoms. The number of rotatable bonds is 3. The first-order chi connectivity index (χ1) is 8.50. The van der Waals surface area contributed by atoms with E-state index in [0.29, 0.717) is 6.26 Å². The van der Waals surface area contributed by atoms with Gasteiger partial charge in [0.15, 0.2) is 38.4 Å². The molecule has 1 aromatic carbocycles. The molecule has 1 aromatic rings. The van der Waals surface area contributed by atoms with Crippen LogP contribution in [0.25, 0.3) is 0 Å². The van der Waals surface area contributed by atoms with E-state index in [-0.39, 0.29) is 0 Å². The normalized spacial score (nSPS) is 13.4. The van der Waals surface area contributed by atoms with Crippen LogP contribution < -0.4 is 0 Å². The van der Waals surface area contributed by atoms with Gasteiger partial charge in [-0.1, -0.05) is 0 Å². The van der Waals surface area contributed by atoms with Crippen molar-refractivity contribution in [3.8, 4) is 0 Å². The maximum Gasteiger partial charge on any atom is 0.326 e. The molecule has 10 heteroatoms. The standard InChI is InChI=1S/C9H5F5O4S/c1-19(17,18)8(9(15)16)2-3(10)5(12)7(14)6(13)4(2)11/h8H,1H3,(H,15,16). The van der Waals surface area contributed by atoms with Crippen molar-refractivity contribution in [2.24, 2.45) is 0 Å². The summed E-state index contributed by atoms with van der Waals surface area (Å²) in [5.74, 6) is -14.6. The molecule has 1 rings (SSSR count). The monoisotopic (exact) mass is 304 g/mol. The smallest absolute Gasteiger partial charge is 0.326 e. The number of benzene rings is 1. The maximum absolute atomic E-state index is 13.3. The van der Waals surface area contributed by atoms with E-state index in [1.54, 1.807) is 0 Å². The molecule has 0 fully saturated rings. The van der Waals surface area contributed by atoms with Crippen molar-refractivity contribution in [2.45, 2.75) is 5.25 Å². The number of hydrogen-bond acceptors (Lipinski definition) is 3. The Morgan fingerprint density at radius 1 is 0.947 bits per heavy atom. The van der Waals surface area contributed by atoms with Crippen LogP contribution in [0.2, 0.25) is 0 Å². The quantitative estimate of drug-likeness (QED) is 0.522. The zero-order valence-electron chi connectivity index (χ0n) is 9.05. The number of carbonyl (C=O) groups is 1. The average molecular weight is 304 g/mol. The lowest BCUT2D eigenvalue weighted by molar-refractivity contribution is -0.136. The molecule has 0 saturated carbocycles. The molecular weight excluding hydrogens is 299 g/mol. The van der Waals surface area contributed by atoms with Crippen LogP contribution in [-0.2, 0) is 14.6 Å². The van der Waals surface area contributed by atoms with E-state index in [1.807, 2.05) is 0 Å².